The Hall–Kier alpha value is -2.86. The highest BCUT2D eigenvalue weighted by molar-refractivity contribution is 5.94. The van der Waals surface area contributed by atoms with Gasteiger partial charge in [0.15, 0.2) is 0 Å². The third-order valence-electron chi connectivity index (χ3n) is 6.74. The van der Waals surface area contributed by atoms with Gasteiger partial charge in [-0.05, 0) is 50.2 Å². The first-order chi connectivity index (χ1) is 16.1. The summed E-state index contributed by atoms with van der Waals surface area (Å²) in [6, 6.07) is 15.9. The van der Waals surface area contributed by atoms with Crippen molar-refractivity contribution in [3.63, 3.8) is 0 Å². The number of anilines is 1. The molecule has 0 radical (unpaired) electrons. The zero-order chi connectivity index (χ0) is 22.8. The van der Waals surface area contributed by atoms with Gasteiger partial charge in [0.1, 0.15) is 6.61 Å². The van der Waals surface area contributed by atoms with Crippen molar-refractivity contribution in [2.75, 3.05) is 38.3 Å². The van der Waals surface area contributed by atoms with Gasteiger partial charge in [-0.15, -0.1) is 0 Å². The summed E-state index contributed by atoms with van der Waals surface area (Å²) in [6.07, 6.45) is 3.24. The van der Waals surface area contributed by atoms with Crippen LogP contribution in [0.4, 0.5) is 5.69 Å². The van der Waals surface area contributed by atoms with E-state index in [0.29, 0.717) is 37.1 Å². The summed E-state index contributed by atoms with van der Waals surface area (Å²) in [6.45, 7) is 8.33. The number of hydrogen-bond donors (Lipinski definition) is 0. The minimum absolute atomic E-state index is 0.428. The molecule has 33 heavy (non-hydrogen) atoms. The Morgan fingerprint density at radius 1 is 1.03 bits per heavy atom. The van der Waals surface area contributed by atoms with Crippen LogP contribution in [0.3, 0.4) is 0 Å². The van der Waals surface area contributed by atoms with Crippen molar-refractivity contribution in [2.24, 2.45) is 5.92 Å². The molecule has 2 aliphatic heterocycles. The predicted molar refractivity (Wildman–Crippen MR) is 132 cm³/mol. The first kappa shape index (κ1) is 22.0. The van der Waals surface area contributed by atoms with E-state index in [4.69, 9.17) is 19.4 Å². The highest BCUT2D eigenvalue weighted by Gasteiger charge is 2.26. The van der Waals surface area contributed by atoms with Gasteiger partial charge in [0.05, 0.1) is 18.8 Å². The van der Waals surface area contributed by atoms with Gasteiger partial charge in [0, 0.05) is 29.2 Å². The first-order valence-corrected chi connectivity index (χ1v) is 12.2. The number of likely N-dealkylation sites (tertiary alicyclic amines) is 1. The van der Waals surface area contributed by atoms with E-state index in [-0.39, 0.29) is 0 Å². The lowest BCUT2D eigenvalue weighted by atomic mass is 10.0. The summed E-state index contributed by atoms with van der Waals surface area (Å²) in [7, 11) is 2.16. The van der Waals surface area contributed by atoms with Gasteiger partial charge in [0.2, 0.25) is 5.88 Å². The molecule has 2 aliphatic rings. The topological polar surface area (TPSA) is 50.7 Å². The molecule has 1 atom stereocenters. The van der Waals surface area contributed by atoms with Gasteiger partial charge < -0.3 is 19.3 Å². The van der Waals surface area contributed by atoms with Crippen molar-refractivity contribution in [1.29, 1.82) is 0 Å². The SMILES string of the molecule is CC(C)COc1nc(OC[C@H]2CCCN2C)nc2c1CCN(c1cccc3ccccc13)C2. The Bertz CT molecular complexity index is 1110. The van der Waals surface area contributed by atoms with Crippen molar-refractivity contribution >= 4 is 16.5 Å². The average Bonchev–Trinajstić information content (AvgIpc) is 3.25. The molecule has 6 heteroatoms. The fourth-order valence-corrected chi connectivity index (χ4v) is 4.85. The summed E-state index contributed by atoms with van der Waals surface area (Å²) < 4.78 is 12.3. The van der Waals surface area contributed by atoms with Crippen molar-refractivity contribution in [2.45, 2.75) is 45.7 Å². The van der Waals surface area contributed by atoms with Crippen LogP contribution in [0.5, 0.6) is 11.9 Å². The second-order valence-corrected chi connectivity index (χ2v) is 9.70. The number of ether oxygens (including phenoxy) is 2. The van der Waals surface area contributed by atoms with Gasteiger partial charge in [-0.1, -0.05) is 50.2 Å². The molecule has 0 saturated carbocycles. The van der Waals surface area contributed by atoms with Crippen molar-refractivity contribution in [1.82, 2.24) is 14.9 Å². The molecule has 2 aromatic carbocycles. The van der Waals surface area contributed by atoms with E-state index < -0.39 is 0 Å². The molecule has 5 rings (SSSR count). The van der Waals surface area contributed by atoms with Crippen LogP contribution < -0.4 is 14.4 Å². The van der Waals surface area contributed by atoms with Crippen molar-refractivity contribution in [3.05, 3.63) is 53.7 Å². The van der Waals surface area contributed by atoms with Gasteiger partial charge in [-0.2, -0.15) is 9.97 Å². The molecular formula is C27H34N4O2. The standard InChI is InChI=1S/C27H34N4O2/c1-19(2)17-32-26-23-13-15-31(25-12-6-9-20-8-4-5-11-22(20)25)16-24(23)28-27(29-26)33-18-21-10-7-14-30(21)3/h4-6,8-9,11-12,19,21H,7,10,13-18H2,1-3H3/t21-/m1/s1. The predicted octanol–water partition coefficient (Wildman–Crippen LogP) is 4.70. The van der Waals surface area contributed by atoms with Crippen LogP contribution in [0.15, 0.2) is 42.5 Å². The summed E-state index contributed by atoms with van der Waals surface area (Å²) in [5.41, 5.74) is 3.38. The number of hydrogen-bond acceptors (Lipinski definition) is 6. The largest absolute Gasteiger partial charge is 0.477 e. The van der Waals surface area contributed by atoms with E-state index in [0.717, 1.165) is 43.7 Å². The Kier molecular flexibility index (Phi) is 6.36. The molecule has 174 valence electrons. The van der Waals surface area contributed by atoms with E-state index in [1.807, 2.05) is 0 Å². The maximum absolute atomic E-state index is 6.15. The first-order valence-electron chi connectivity index (χ1n) is 12.2. The maximum Gasteiger partial charge on any atom is 0.320 e. The molecule has 0 N–H and O–H groups in total. The van der Waals surface area contributed by atoms with Gasteiger partial charge in [-0.25, -0.2) is 0 Å². The van der Waals surface area contributed by atoms with Gasteiger partial charge >= 0.3 is 6.01 Å². The third kappa shape index (κ3) is 4.76. The fraction of sp³-hybridized carbons (Fsp3) is 0.481. The number of rotatable bonds is 7. The molecule has 3 aromatic rings. The van der Waals surface area contributed by atoms with E-state index in [1.54, 1.807) is 0 Å². The molecule has 6 nitrogen and oxygen atoms in total. The number of fused-ring (bicyclic) bond motifs is 2. The molecule has 0 aliphatic carbocycles. The molecule has 1 fully saturated rings. The van der Waals surface area contributed by atoms with E-state index >= 15 is 0 Å². The Morgan fingerprint density at radius 3 is 2.70 bits per heavy atom. The highest BCUT2D eigenvalue weighted by Crippen LogP contribution is 2.33. The van der Waals surface area contributed by atoms with Crippen LogP contribution in [-0.2, 0) is 13.0 Å². The van der Waals surface area contributed by atoms with Crippen LogP contribution >= 0.6 is 0 Å². The lowest BCUT2D eigenvalue weighted by Crippen LogP contribution is -2.33. The second kappa shape index (κ2) is 9.56. The van der Waals surface area contributed by atoms with Crippen LogP contribution in [0.25, 0.3) is 10.8 Å². The Balaban J connectivity index is 1.43. The third-order valence-corrected chi connectivity index (χ3v) is 6.74. The molecule has 0 amide bonds. The van der Waals surface area contributed by atoms with Crippen molar-refractivity contribution in [3.8, 4) is 11.9 Å². The maximum atomic E-state index is 6.15. The molecule has 1 aromatic heterocycles. The van der Waals surface area contributed by atoms with E-state index in [9.17, 15) is 0 Å². The summed E-state index contributed by atoms with van der Waals surface area (Å²) in [5.74, 6) is 1.13. The zero-order valence-electron chi connectivity index (χ0n) is 20.0. The number of benzene rings is 2. The summed E-state index contributed by atoms with van der Waals surface area (Å²) in [4.78, 5) is 14.3. The Morgan fingerprint density at radius 2 is 1.88 bits per heavy atom. The number of likely N-dealkylation sites (N-methyl/N-ethyl adjacent to an activating group) is 1. The molecule has 1 saturated heterocycles. The van der Waals surface area contributed by atoms with Crippen molar-refractivity contribution < 1.29 is 9.47 Å². The summed E-state index contributed by atoms with van der Waals surface area (Å²) >= 11 is 0. The van der Waals surface area contributed by atoms with Crippen LogP contribution in [0, 0.1) is 5.92 Å². The van der Waals surface area contributed by atoms with E-state index in [1.165, 1.54) is 22.9 Å². The lowest BCUT2D eigenvalue weighted by molar-refractivity contribution is 0.183. The van der Waals surface area contributed by atoms with Crippen LogP contribution in [0.2, 0.25) is 0 Å². The molecule has 0 bridgehead atoms. The minimum atomic E-state index is 0.428. The summed E-state index contributed by atoms with van der Waals surface area (Å²) in [5, 5.41) is 2.53. The molecule has 0 spiro atoms. The fourth-order valence-electron chi connectivity index (χ4n) is 4.85. The number of nitrogens with zero attached hydrogens (tertiary/aromatic N) is 4. The monoisotopic (exact) mass is 446 g/mol. The highest BCUT2D eigenvalue weighted by atomic mass is 16.5. The smallest absolute Gasteiger partial charge is 0.320 e. The number of aromatic nitrogens is 2. The van der Waals surface area contributed by atoms with Gasteiger partial charge in [-0.3, -0.25) is 0 Å². The second-order valence-electron chi connectivity index (χ2n) is 9.70. The van der Waals surface area contributed by atoms with Crippen LogP contribution in [0.1, 0.15) is 37.9 Å². The normalized spacial score (nSPS) is 18.7. The van der Waals surface area contributed by atoms with Crippen LogP contribution in [-0.4, -0.2) is 54.3 Å². The molecule has 3 heterocycles. The zero-order valence-corrected chi connectivity index (χ0v) is 20.0. The minimum Gasteiger partial charge on any atom is -0.477 e. The lowest BCUT2D eigenvalue weighted by Gasteiger charge is -2.31. The quantitative estimate of drug-likeness (QED) is 0.524. The molecular weight excluding hydrogens is 412 g/mol. The molecule has 0 unspecified atom stereocenters. The van der Waals surface area contributed by atoms with E-state index in [2.05, 4.69) is 73.2 Å². The van der Waals surface area contributed by atoms with Gasteiger partial charge in [0.25, 0.3) is 0 Å². The Labute approximate surface area is 196 Å². The average molecular weight is 447 g/mol.